The van der Waals surface area contributed by atoms with Crippen molar-refractivity contribution in [1.82, 2.24) is 0 Å². The monoisotopic (exact) mass is 316 g/mol. The van der Waals surface area contributed by atoms with Gasteiger partial charge in [-0.1, -0.05) is 19.3 Å². The number of thiol groups is 1. The molecule has 0 aromatic carbocycles. The predicted octanol–water partition coefficient (Wildman–Crippen LogP) is 4.93. The first-order valence-electron chi connectivity index (χ1n) is 8.59. The van der Waals surface area contributed by atoms with Crippen LogP contribution in [0.3, 0.4) is 0 Å². The molecule has 3 heteroatoms. The van der Waals surface area contributed by atoms with Crippen LogP contribution in [-0.4, -0.2) is 27.5 Å². The Morgan fingerprint density at radius 1 is 1.00 bits per heavy atom. The van der Waals surface area contributed by atoms with E-state index in [-0.39, 0.29) is 6.10 Å². The topological polar surface area (TPSA) is 20.2 Å². The summed E-state index contributed by atoms with van der Waals surface area (Å²) in [6, 6.07) is 0. The van der Waals surface area contributed by atoms with Gasteiger partial charge in [0.15, 0.2) is 0 Å². The first kappa shape index (κ1) is 17.0. The van der Waals surface area contributed by atoms with Crippen molar-refractivity contribution in [1.29, 1.82) is 0 Å². The third-order valence-corrected chi connectivity index (χ3v) is 7.74. The molecule has 0 amide bonds. The van der Waals surface area contributed by atoms with Crippen LogP contribution < -0.4 is 0 Å². The van der Waals surface area contributed by atoms with Gasteiger partial charge in [0.05, 0.1) is 6.10 Å². The lowest BCUT2D eigenvalue weighted by Crippen LogP contribution is -2.43. The first-order valence-corrected chi connectivity index (χ1v) is 10.2. The van der Waals surface area contributed by atoms with Crippen molar-refractivity contribution >= 4 is 24.4 Å². The summed E-state index contributed by atoms with van der Waals surface area (Å²) in [5.74, 6) is 3.99. The smallest absolute Gasteiger partial charge is 0.0540 e. The lowest BCUT2D eigenvalue weighted by molar-refractivity contribution is 0.0852. The summed E-state index contributed by atoms with van der Waals surface area (Å²) >= 11 is 6.60. The van der Waals surface area contributed by atoms with E-state index in [0.717, 1.165) is 30.4 Å². The Balaban J connectivity index is 2.01. The van der Waals surface area contributed by atoms with E-state index in [9.17, 15) is 5.11 Å². The minimum absolute atomic E-state index is 0.0238. The molecule has 0 radical (unpaired) electrons. The Morgan fingerprint density at radius 3 is 2.20 bits per heavy atom. The van der Waals surface area contributed by atoms with Gasteiger partial charge in [0, 0.05) is 4.75 Å². The maximum Gasteiger partial charge on any atom is 0.0540 e. The van der Waals surface area contributed by atoms with Gasteiger partial charge in [-0.15, -0.1) is 0 Å². The summed E-state index contributed by atoms with van der Waals surface area (Å²) in [5, 5.41) is 9.80. The van der Waals surface area contributed by atoms with E-state index in [1.165, 1.54) is 57.1 Å². The zero-order valence-corrected chi connectivity index (χ0v) is 14.7. The fourth-order valence-corrected chi connectivity index (χ4v) is 6.29. The van der Waals surface area contributed by atoms with Crippen LogP contribution in [0.5, 0.6) is 0 Å². The average Bonchev–Trinajstić information content (AvgIpc) is 2.49. The second-order valence-corrected chi connectivity index (χ2v) is 8.97. The molecule has 0 aromatic rings. The number of aliphatic hydroxyl groups excluding tert-OH is 1. The Kier molecular flexibility index (Phi) is 7.09. The van der Waals surface area contributed by atoms with Crippen LogP contribution in [0.1, 0.15) is 71.1 Å². The SMILES string of the molecule is CC(SCCCS)(C1CCCCC1)C1CCC(O)CC1. The van der Waals surface area contributed by atoms with E-state index in [4.69, 9.17) is 0 Å². The van der Waals surface area contributed by atoms with E-state index in [0.29, 0.717) is 4.75 Å². The van der Waals surface area contributed by atoms with E-state index in [2.05, 4.69) is 31.3 Å². The van der Waals surface area contributed by atoms with Gasteiger partial charge < -0.3 is 5.11 Å². The van der Waals surface area contributed by atoms with Crippen LogP contribution in [0.15, 0.2) is 0 Å². The van der Waals surface area contributed by atoms with Gasteiger partial charge in [0.1, 0.15) is 0 Å². The molecule has 2 aliphatic carbocycles. The molecule has 0 aromatic heterocycles. The molecule has 2 saturated carbocycles. The molecule has 1 unspecified atom stereocenters. The maximum atomic E-state index is 9.80. The Labute approximate surface area is 135 Å². The third kappa shape index (κ3) is 4.33. The molecule has 1 N–H and O–H groups in total. The normalized spacial score (nSPS) is 31.9. The summed E-state index contributed by atoms with van der Waals surface area (Å²) in [5.41, 5.74) is 0. The summed E-state index contributed by atoms with van der Waals surface area (Å²) in [6.45, 7) is 2.55. The van der Waals surface area contributed by atoms with Crippen molar-refractivity contribution in [2.75, 3.05) is 11.5 Å². The molecule has 20 heavy (non-hydrogen) atoms. The highest BCUT2D eigenvalue weighted by Gasteiger charge is 2.42. The minimum Gasteiger partial charge on any atom is -0.393 e. The average molecular weight is 317 g/mol. The largest absolute Gasteiger partial charge is 0.393 e. The zero-order valence-electron chi connectivity index (χ0n) is 13.0. The molecule has 0 aliphatic heterocycles. The van der Waals surface area contributed by atoms with Crippen molar-refractivity contribution < 1.29 is 5.11 Å². The summed E-state index contributed by atoms with van der Waals surface area (Å²) in [7, 11) is 0. The molecule has 2 fully saturated rings. The van der Waals surface area contributed by atoms with Gasteiger partial charge in [-0.3, -0.25) is 0 Å². The van der Waals surface area contributed by atoms with Crippen LogP contribution >= 0.6 is 24.4 Å². The van der Waals surface area contributed by atoms with Crippen LogP contribution in [-0.2, 0) is 0 Å². The highest BCUT2D eigenvalue weighted by atomic mass is 32.2. The fraction of sp³-hybridized carbons (Fsp3) is 1.00. The molecular weight excluding hydrogens is 284 g/mol. The highest BCUT2D eigenvalue weighted by molar-refractivity contribution is 8.00. The highest BCUT2D eigenvalue weighted by Crippen LogP contribution is 2.50. The first-order chi connectivity index (χ1) is 9.66. The molecule has 0 bridgehead atoms. The third-order valence-electron chi connectivity index (χ3n) is 5.64. The fourth-order valence-electron chi connectivity index (χ4n) is 4.25. The van der Waals surface area contributed by atoms with E-state index in [1.54, 1.807) is 0 Å². The Morgan fingerprint density at radius 2 is 1.60 bits per heavy atom. The molecule has 1 atom stereocenters. The van der Waals surface area contributed by atoms with Crippen LogP contribution in [0.4, 0.5) is 0 Å². The van der Waals surface area contributed by atoms with Crippen molar-refractivity contribution in [3.05, 3.63) is 0 Å². The molecular formula is C17H32OS2. The van der Waals surface area contributed by atoms with E-state index >= 15 is 0 Å². The van der Waals surface area contributed by atoms with Gasteiger partial charge in [0.2, 0.25) is 0 Å². The molecule has 2 rings (SSSR count). The van der Waals surface area contributed by atoms with Gasteiger partial charge in [-0.25, -0.2) is 0 Å². The Bertz CT molecular complexity index is 270. The summed E-state index contributed by atoms with van der Waals surface area (Å²) in [6.07, 6.45) is 12.9. The van der Waals surface area contributed by atoms with Gasteiger partial charge >= 0.3 is 0 Å². The van der Waals surface area contributed by atoms with Crippen LogP contribution in [0.25, 0.3) is 0 Å². The standard InChI is InChI=1S/C17H32OS2/c1-17(20-13-5-12-19,14-6-3-2-4-7-14)15-8-10-16(18)11-9-15/h14-16,18-19H,2-13H2,1H3. The van der Waals surface area contributed by atoms with Crippen molar-refractivity contribution in [3.63, 3.8) is 0 Å². The summed E-state index contributed by atoms with van der Waals surface area (Å²) in [4.78, 5) is 0. The van der Waals surface area contributed by atoms with Crippen molar-refractivity contribution in [3.8, 4) is 0 Å². The van der Waals surface area contributed by atoms with E-state index < -0.39 is 0 Å². The number of rotatable bonds is 6. The number of thioether (sulfide) groups is 1. The lowest BCUT2D eigenvalue weighted by Gasteiger charge is -2.47. The molecule has 0 heterocycles. The van der Waals surface area contributed by atoms with Crippen molar-refractivity contribution in [2.45, 2.75) is 82.0 Å². The number of hydrogen-bond donors (Lipinski definition) is 2. The van der Waals surface area contributed by atoms with Gasteiger partial charge in [-0.05, 0) is 75.2 Å². The minimum atomic E-state index is -0.0238. The van der Waals surface area contributed by atoms with Gasteiger partial charge in [0.25, 0.3) is 0 Å². The lowest BCUT2D eigenvalue weighted by atomic mass is 9.69. The molecule has 0 spiro atoms. The second kappa shape index (κ2) is 8.33. The summed E-state index contributed by atoms with van der Waals surface area (Å²) < 4.78 is 0.448. The molecule has 1 nitrogen and oxygen atoms in total. The molecule has 118 valence electrons. The van der Waals surface area contributed by atoms with E-state index in [1.807, 2.05) is 0 Å². The number of hydrogen-bond acceptors (Lipinski definition) is 3. The van der Waals surface area contributed by atoms with Crippen LogP contribution in [0.2, 0.25) is 0 Å². The molecule has 0 saturated heterocycles. The number of aliphatic hydroxyl groups is 1. The van der Waals surface area contributed by atoms with Crippen LogP contribution in [0, 0.1) is 11.8 Å². The molecule has 2 aliphatic rings. The predicted molar refractivity (Wildman–Crippen MR) is 93.9 cm³/mol. The van der Waals surface area contributed by atoms with Gasteiger partial charge in [-0.2, -0.15) is 24.4 Å². The maximum absolute atomic E-state index is 9.80. The van der Waals surface area contributed by atoms with Crippen molar-refractivity contribution in [2.24, 2.45) is 11.8 Å². The second-order valence-electron chi connectivity index (χ2n) is 6.95. The Hall–Kier alpha value is 0.660. The zero-order chi connectivity index (χ0) is 14.4. The quantitative estimate of drug-likeness (QED) is 0.535.